The largest absolute Gasteiger partial charge is 0.507 e. The number of aromatic hydroxyl groups is 1. The van der Waals surface area contributed by atoms with E-state index in [2.05, 4.69) is 4.99 Å². The number of hydrogen-bond acceptors (Lipinski definition) is 7. The van der Waals surface area contributed by atoms with Crippen molar-refractivity contribution in [1.82, 2.24) is 4.90 Å². The van der Waals surface area contributed by atoms with Crippen LogP contribution in [-0.4, -0.2) is 76.0 Å². The highest BCUT2D eigenvalue weighted by molar-refractivity contribution is 7.99. The summed E-state index contributed by atoms with van der Waals surface area (Å²) >= 11 is 1.77. The van der Waals surface area contributed by atoms with Crippen LogP contribution in [0.25, 0.3) is 0 Å². The third-order valence-corrected chi connectivity index (χ3v) is 6.24. The predicted octanol–water partition coefficient (Wildman–Crippen LogP) is 2.38. The lowest BCUT2D eigenvalue weighted by Gasteiger charge is -2.36. The molecule has 0 aromatic heterocycles. The Labute approximate surface area is 193 Å². The van der Waals surface area contributed by atoms with Gasteiger partial charge < -0.3 is 25.6 Å². The van der Waals surface area contributed by atoms with Gasteiger partial charge in [-0.3, -0.25) is 14.6 Å². The number of aliphatic hydroxyl groups excluding tert-OH is 1. The topological polar surface area (TPSA) is 125 Å². The van der Waals surface area contributed by atoms with Gasteiger partial charge in [-0.05, 0) is 32.4 Å². The Morgan fingerprint density at radius 3 is 2.81 bits per heavy atom. The average molecular weight is 464 g/mol. The van der Waals surface area contributed by atoms with Gasteiger partial charge in [-0.2, -0.15) is 11.8 Å². The van der Waals surface area contributed by atoms with Crippen LogP contribution >= 0.6 is 11.8 Å². The molecule has 9 heteroatoms. The second-order valence-electron chi connectivity index (χ2n) is 7.52. The van der Waals surface area contributed by atoms with Crippen molar-refractivity contribution in [2.24, 2.45) is 10.7 Å². The average Bonchev–Trinajstić information content (AvgIpc) is 2.76. The zero-order chi connectivity index (χ0) is 23.7. The van der Waals surface area contributed by atoms with E-state index in [9.17, 15) is 19.8 Å². The molecule has 1 fully saturated rings. The molecule has 0 saturated carbocycles. The van der Waals surface area contributed by atoms with Gasteiger partial charge in [0.2, 0.25) is 0 Å². The van der Waals surface area contributed by atoms with Crippen molar-refractivity contribution in [3.05, 3.63) is 35.4 Å². The molecule has 2 amide bonds. The van der Waals surface area contributed by atoms with Crippen LogP contribution in [0.15, 0.2) is 34.8 Å². The molecule has 1 heterocycles. The summed E-state index contributed by atoms with van der Waals surface area (Å²) in [5.41, 5.74) is 6.14. The molecule has 0 aliphatic carbocycles. The number of ether oxygens (including phenoxy) is 1. The first-order chi connectivity index (χ1) is 15.3. The van der Waals surface area contributed by atoms with Crippen molar-refractivity contribution in [3.8, 4) is 11.5 Å². The monoisotopic (exact) mass is 463 g/mol. The molecule has 176 valence electrons. The summed E-state index contributed by atoms with van der Waals surface area (Å²) in [4.78, 5) is 31.3. The second kappa shape index (κ2) is 12.5. The van der Waals surface area contributed by atoms with Crippen LogP contribution in [0.2, 0.25) is 0 Å². The van der Waals surface area contributed by atoms with Crippen LogP contribution < -0.4 is 10.5 Å². The van der Waals surface area contributed by atoms with Crippen molar-refractivity contribution < 1.29 is 24.5 Å². The minimum Gasteiger partial charge on any atom is -0.507 e. The molecular weight excluding hydrogens is 430 g/mol. The number of allylic oxidation sites excluding steroid dienone is 1. The molecule has 1 aliphatic heterocycles. The molecular formula is C23H33N3O5S. The van der Waals surface area contributed by atoms with E-state index in [1.54, 1.807) is 43.8 Å². The normalized spacial score (nSPS) is 18.4. The van der Waals surface area contributed by atoms with Gasteiger partial charge in [-0.1, -0.05) is 19.1 Å². The number of amides is 2. The lowest BCUT2D eigenvalue weighted by molar-refractivity contribution is -0.128. The lowest BCUT2D eigenvalue weighted by Crippen LogP contribution is -2.48. The molecule has 2 rings (SSSR count). The van der Waals surface area contributed by atoms with E-state index in [1.165, 1.54) is 6.07 Å². The summed E-state index contributed by atoms with van der Waals surface area (Å²) in [6.07, 6.45) is 2.24. The highest BCUT2D eigenvalue weighted by Gasteiger charge is 2.31. The van der Waals surface area contributed by atoms with Crippen LogP contribution in [0.3, 0.4) is 0 Å². The van der Waals surface area contributed by atoms with Gasteiger partial charge in [0.25, 0.3) is 11.8 Å². The quantitative estimate of drug-likeness (QED) is 0.361. The van der Waals surface area contributed by atoms with Crippen molar-refractivity contribution in [2.45, 2.75) is 45.8 Å². The summed E-state index contributed by atoms with van der Waals surface area (Å²) in [7, 11) is 0. The maximum atomic E-state index is 13.4. The molecule has 1 aromatic carbocycles. The molecule has 1 saturated heterocycles. The third-order valence-electron chi connectivity index (χ3n) is 5.14. The number of carbonyl (C=O) groups excluding carboxylic acids is 2. The van der Waals surface area contributed by atoms with Gasteiger partial charge in [0.1, 0.15) is 17.1 Å². The SMILES string of the molecule is C/C=C(/C(=O)N1CCSCC1CCOc1cccc(O)c1C(N)=O)C(=NCCC)C(C)O. The molecule has 1 aliphatic rings. The first-order valence-corrected chi connectivity index (χ1v) is 12.0. The number of aliphatic hydroxyl groups is 1. The summed E-state index contributed by atoms with van der Waals surface area (Å²) in [5, 5.41) is 20.1. The van der Waals surface area contributed by atoms with E-state index in [0.29, 0.717) is 30.8 Å². The van der Waals surface area contributed by atoms with Crippen molar-refractivity contribution in [2.75, 3.05) is 31.2 Å². The number of benzene rings is 1. The van der Waals surface area contributed by atoms with Crippen molar-refractivity contribution >= 4 is 29.3 Å². The first kappa shape index (κ1) is 25.7. The van der Waals surface area contributed by atoms with Crippen molar-refractivity contribution in [1.29, 1.82) is 0 Å². The highest BCUT2D eigenvalue weighted by atomic mass is 32.2. The van der Waals surface area contributed by atoms with E-state index in [1.807, 2.05) is 11.8 Å². The first-order valence-electron chi connectivity index (χ1n) is 10.8. The summed E-state index contributed by atoms with van der Waals surface area (Å²) in [5.74, 6) is 0.659. The number of aliphatic imine (C=N–C) groups is 1. The number of hydrogen-bond donors (Lipinski definition) is 3. The van der Waals surface area contributed by atoms with E-state index in [0.717, 1.165) is 17.9 Å². The number of rotatable bonds is 10. The van der Waals surface area contributed by atoms with Crippen LogP contribution in [-0.2, 0) is 4.79 Å². The summed E-state index contributed by atoms with van der Waals surface area (Å²) < 4.78 is 5.75. The Kier molecular flexibility index (Phi) is 10.1. The predicted molar refractivity (Wildman–Crippen MR) is 128 cm³/mol. The van der Waals surface area contributed by atoms with Crippen molar-refractivity contribution in [3.63, 3.8) is 0 Å². The van der Waals surface area contributed by atoms with Gasteiger partial charge in [-0.15, -0.1) is 0 Å². The Balaban J connectivity index is 2.13. The van der Waals surface area contributed by atoms with Crippen LogP contribution in [0.4, 0.5) is 0 Å². The van der Waals surface area contributed by atoms with E-state index >= 15 is 0 Å². The Hall–Kier alpha value is -2.52. The fourth-order valence-electron chi connectivity index (χ4n) is 3.56. The Bertz CT molecular complexity index is 869. The number of nitrogens with two attached hydrogens (primary N) is 1. The maximum Gasteiger partial charge on any atom is 0.256 e. The van der Waals surface area contributed by atoms with Gasteiger partial charge >= 0.3 is 0 Å². The summed E-state index contributed by atoms with van der Waals surface area (Å²) in [6.45, 7) is 6.77. The number of nitrogens with zero attached hydrogens (tertiary/aromatic N) is 2. The molecule has 0 spiro atoms. The fourth-order valence-corrected chi connectivity index (χ4v) is 4.68. The van der Waals surface area contributed by atoms with Gasteiger partial charge in [-0.25, -0.2) is 0 Å². The number of phenols is 1. The van der Waals surface area contributed by atoms with Gasteiger partial charge in [0.05, 0.1) is 24.0 Å². The van der Waals surface area contributed by atoms with Crippen LogP contribution in [0.1, 0.15) is 44.0 Å². The minimum atomic E-state index is -0.837. The smallest absolute Gasteiger partial charge is 0.256 e. The van der Waals surface area contributed by atoms with E-state index in [4.69, 9.17) is 10.5 Å². The standard InChI is InChI=1S/C23H33N3O5S/c1-4-10-25-21(15(3)27)17(5-2)23(30)26-11-13-32-14-16(26)9-12-31-19-8-6-7-18(28)20(19)22(24)29/h5-8,15-16,27-28H,4,9-14H2,1-3H3,(H2,24,29)/b17-5+,25-21?. The van der Waals surface area contributed by atoms with Crippen LogP contribution in [0.5, 0.6) is 11.5 Å². The number of primary amides is 1. The highest BCUT2D eigenvalue weighted by Crippen LogP contribution is 2.28. The fraction of sp³-hybridized carbons (Fsp3) is 0.522. The lowest BCUT2D eigenvalue weighted by atomic mass is 10.0. The molecule has 2 atom stereocenters. The second-order valence-corrected chi connectivity index (χ2v) is 8.67. The van der Waals surface area contributed by atoms with Gasteiger partial charge in [0, 0.05) is 37.1 Å². The van der Waals surface area contributed by atoms with Crippen LogP contribution in [0, 0.1) is 0 Å². The minimum absolute atomic E-state index is 0.0524. The number of thioether (sulfide) groups is 1. The molecule has 0 bridgehead atoms. The Morgan fingerprint density at radius 1 is 1.44 bits per heavy atom. The molecule has 2 unspecified atom stereocenters. The zero-order valence-corrected chi connectivity index (χ0v) is 19.7. The maximum absolute atomic E-state index is 13.4. The Morgan fingerprint density at radius 2 is 2.19 bits per heavy atom. The summed E-state index contributed by atoms with van der Waals surface area (Å²) in [6, 6.07) is 4.46. The zero-order valence-electron chi connectivity index (χ0n) is 18.9. The third kappa shape index (κ3) is 6.49. The van der Waals surface area contributed by atoms with E-state index in [-0.39, 0.29) is 35.6 Å². The number of carbonyl (C=O) groups is 2. The van der Waals surface area contributed by atoms with Gasteiger partial charge in [0.15, 0.2) is 0 Å². The molecule has 4 N–H and O–H groups in total. The molecule has 0 radical (unpaired) electrons. The molecule has 8 nitrogen and oxygen atoms in total. The van der Waals surface area contributed by atoms with E-state index < -0.39 is 12.0 Å². The molecule has 32 heavy (non-hydrogen) atoms. The molecule has 1 aromatic rings.